The number of benzene rings is 1. The van der Waals surface area contributed by atoms with Gasteiger partial charge in [-0.05, 0) is 56.0 Å². The van der Waals surface area contributed by atoms with Gasteiger partial charge in [0.15, 0.2) is 0 Å². The number of nitrogens with one attached hydrogen (secondary N) is 1. The van der Waals surface area contributed by atoms with Crippen LogP contribution in [0.15, 0.2) is 24.3 Å². The smallest absolute Gasteiger partial charge is 0.127 e. The van der Waals surface area contributed by atoms with Crippen LogP contribution in [-0.2, 0) is 0 Å². The molecular formula is C17H24FN. The molecule has 4 atom stereocenters. The predicted molar refractivity (Wildman–Crippen MR) is 76.4 cm³/mol. The first kappa shape index (κ1) is 13.1. The first-order valence-corrected chi connectivity index (χ1v) is 7.77. The molecule has 0 radical (unpaired) electrons. The van der Waals surface area contributed by atoms with E-state index in [9.17, 15) is 4.39 Å². The molecule has 2 fully saturated rings. The van der Waals surface area contributed by atoms with Crippen LogP contribution in [0.4, 0.5) is 4.39 Å². The Balaban J connectivity index is 1.83. The summed E-state index contributed by atoms with van der Waals surface area (Å²) in [7, 11) is 0. The summed E-state index contributed by atoms with van der Waals surface area (Å²) < 4.78 is 14.1. The number of hydrogen-bond donors (Lipinski definition) is 1. The Morgan fingerprint density at radius 1 is 1.26 bits per heavy atom. The van der Waals surface area contributed by atoms with Gasteiger partial charge >= 0.3 is 0 Å². The van der Waals surface area contributed by atoms with Crippen molar-refractivity contribution < 1.29 is 4.39 Å². The predicted octanol–water partition coefficient (Wildman–Crippen LogP) is 4.30. The fraction of sp³-hybridized carbons (Fsp3) is 0.647. The zero-order valence-electron chi connectivity index (χ0n) is 11.7. The van der Waals surface area contributed by atoms with Crippen LogP contribution in [-0.4, -0.2) is 6.54 Å². The van der Waals surface area contributed by atoms with Gasteiger partial charge in [0.25, 0.3) is 0 Å². The molecule has 1 aromatic rings. The van der Waals surface area contributed by atoms with Crippen LogP contribution in [0, 0.1) is 23.6 Å². The molecule has 2 aliphatic carbocycles. The Hall–Kier alpha value is -0.890. The molecule has 0 aromatic heterocycles. The Morgan fingerprint density at radius 2 is 2.11 bits per heavy atom. The van der Waals surface area contributed by atoms with Gasteiger partial charge in [-0.25, -0.2) is 4.39 Å². The molecule has 2 bridgehead atoms. The van der Waals surface area contributed by atoms with Gasteiger partial charge in [-0.1, -0.05) is 31.5 Å². The Bertz CT molecular complexity index is 431. The molecule has 1 aromatic carbocycles. The normalized spacial score (nSPS) is 30.7. The van der Waals surface area contributed by atoms with Crippen molar-refractivity contribution in [1.82, 2.24) is 5.32 Å². The quantitative estimate of drug-likeness (QED) is 0.833. The summed E-state index contributed by atoms with van der Waals surface area (Å²) in [5.74, 6) is 2.33. The van der Waals surface area contributed by atoms with Crippen molar-refractivity contribution in [3.05, 3.63) is 35.6 Å². The number of fused-ring (bicyclic) bond motifs is 2. The third-order valence-corrected chi connectivity index (χ3v) is 5.08. The minimum atomic E-state index is -0.0427. The molecule has 2 heteroatoms. The molecule has 2 aliphatic rings. The lowest BCUT2D eigenvalue weighted by Crippen LogP contribution is -2.32. The van der Waals surface area contributed by atoms with E-state index >= 15 is 0 Å². The highest BCUT2D eigenvalue weighted by atomic mass is 19.1. The van der Waals surface area contributed by atoms with Gasteiger partial charge in [0, 0.05) is 11.6 Å². The summed E-state index contributed by atoms with van der Waals surface area (Å²) in [5, 5.41) is 3.61. The molecule has 0 spiro atoms. The topological polar surface area (TPSA) is 12.0 Å². The van der Waals surface area contributed by atoms with E-state index in [-0.39, 0.29) is 11.9 Å². The lowest BCUT2D eigenvalue weighted by Gasteiger charge is -2.32. The summed E-state index contributed by atoms with van der Waals surface area (Å²) in [4.78, 5) is 0. The Labute approximate surface area is 115 Å². The van der Waals surface area contributed by atoms with Crippen LogP contribution >= 0.6 is 0 Å². The van der Waals surface area contributed by atoms with E-state index in [4.69, 9.17) is 0 Å². The summed E-state index contributed by atoms with van der Waals surface area (Å²) >= 11 is 0. The first-order valence-electron chi connectivity index (χ1n) is 7.77. The average molecular weight is 261 g/mol. The van der Waals surface area contributed by atoms with Crippen molar-refractivity contribution in [2.45, 2.75) is 45.1 Å². The van der Waals surface area contributed by atoms with Gasteiger partial charge in [-0.3, -0.25) is 0 Å². The van der Waals surface area contributed by atoms with Crippen molar-refractivity contribution in [1.29, 1.82) is 0 Å². The maximum atomic E-state index is 14.1. The molecule has 3 rings (SSSR count). The zero-order chi connectivity index (χ0) is 13.2. The second-order valence-corrected chi connectivity index (χ2v) is 6.29. The molecule has 0 aliphatic heterocycles. The second kappa shape index (κ2) is 5.62. The van der Waals surface area contributed by atoms with Crippen molar-refractivity contribution >= 4 is 0 Å². The molecule has 1 nitrogen and oxygen atoms in total. The Kier molecular flexibility index (Phi) is 3.88. The standard InChI is InChI=1S/C17H24FN/c1-2-9-19-17(14-5-3-4-6-16(14)18)15-11-12-7-8-13(15)10-12/h3-6,12-13,15,17,19H,2,7-11H2,1H3. The van der Waals surface area contributed by atoms with Crippen molar-refractivity contribution in [2.75, 3.05) is 6.54 Å². The number of halogens is 1. The van der Waals surface area contributed by atoms with E-state index in [2.05, 4.69) is 12.2 Å². The largest absolute Gasteiger partial charge is 0.310 e. The third kappa shape index (κ3) is 2.55. The van der Waals surface area contributed by atoms with Crippen LogP contribution < -0.4 is 5.32 Å². The van der Waals surface area contributed by atoms with Crippen LogP contribution in [0.2, 0.25) is 0 Å². The maximum absolute atomic E-state index is 14.1. The van der Waals surface area contributed by atoms with E-state index in [1.807, 2.05) is 12.1 Å². The van der Waals surface area contributed by atoms with Gasteiger partial charge in [-0.15, -0.1) is 0 Å². The van der Waals surface area contributed by atoms with Crippen LogP contribution in [0.3, 0.4) is 0 Å². The highest BCUT2D eigenvalue weighted by Crippen LogP contribution is 2.52. The maximum Gasteiger partial charge on any atom is 0.127 e. The molecule has 104 valence electrons. The van der Waals surface area contributed by atoms with Crippen molar-refractivity contribution in [3.8, 4) is 0 Å². The molecule has 0 saturated heterocycles. The van der Waals surface area contributed by atoms with Gasteiger partial charge in [-0.2, -0.15) is 0 Å². The zero-order valence-corrected chi connectivity index (χ0v) is 11.7. The number of rotatable bonds is 5. The number of hydrogen-bond acceptors (Lipinski definition) is 1. The summed E-state index contributed by atoms with van der Waals surface area (Å²) in [5.41, 5.74) is 0.883. The van der Waals surface area contributed by atoms with Crippen LogP contribution in [0.5, 0.6) is 0 Å². The van der Waals surface area contributed by atoms with E-state index in [1.165, 1.54) is 25.7 Å². The molecule has 19 heavy (non-hydrogen) atoms. The summed E-state index contributed by atoms with van der Waals surface area (Å²) in [6.07, 6.45) is 6.53. The molecule has 2 saturated carbocycles. The fourth-order valence-corrected chi connectivity index (χ4v) is 4.22. The SMILES string of the molecule is CCCNC(c1ccccc1F)C1CC2CCC1C2. The van der Waals surface area contributed by atoms with Gasteiger partial charge in [0.1, 0.15) is 5.82 Å². The molecule has 0 amide bonds. The van der Waals surface area contributed by atoms with E-state index in [0.29, 0.717) is 5.92 Å². The summed E-state index contributed by atoms with van der Waals surface area (Å²) in [6, 6.07) is 7.54. The van der Waals surface area contributed by atoms with E-state index in [1.54, 1.807) is 12.1 Å². The molecule has 1 N–H and O–H groups in total. The van der Waals surface area contributed by atoms with E-state index in [0.717, 1.165) is 30.4 Å². The summed E-state index contributed by atoms with van der Waals surface area (Å²) in [6.45, 7) is 3.15. The lowest BCUT2D eigenvalue weighted by molar-refractivity contribution is 0.246. The van der Waals surface area contributed by atoms with Crippen LogP contribution in [0.1, 0.15) is 50.6 Å². The molecule has 0 heterocycles. The lowest BCUT2D eigenvalue weighted by atomic mass is 9.80. The fourth-order valence-electron chi connectivity index (χ4n) is 4.22. The second-order valence-electron chi connectivity index (χ2n) is 6.29. The first-order chi connectivity index (χ1) is 9.29. The minimum Gasteiger partial charge on any atom is -0.310 e. The molecular weight excluding hydrogens is 237 g/mol. The van der Waals surface area contributed by atoms with Crippen molar-refractivity contribution in [3.63, 3.8) is 0 Å². The van der Waals surface area contributed by atoms with Crippen LogP contribution in [0.25, 0.3) is 0 Å². The average Bonchev–Trinajstić information content (AvgIpc) is 3.04. The van der Waals surface area contributed by atoms with Gasteiger partial charge in [0.05, 0.1) is 0 Å². The van der Waals surface area contributed by atoms with Gasteiger partial charge in [0.2, 0.25) is 0 Å². The highest BCUT2D eigenvalue weighted by molar-refractivity contribution is 5.23. The van der Waals surface area contributed by atoms with Gasteiger partial charge < -0.3 is 5.32 Å². The highest BCUT2D eigenvalue weighted by Gasteiger charge is 2.43. The monoisotopic (exact) mass is 261 g/mol. The molecule has 4 unspecified atom stereocenters. The minimum absolute atomic E-state index is 0.0427. The van der Waals surface area contributed by atoms with Crippen molar-refractivity contribution in [2.24, 2.45) is 17.8 Å². The Morgan fingerprint density at radius 3 is 2.74 bits per heavy atom. The third-order valence-electron chi connectivity index (χ3n) is 5.08. The van der Waals surface area contributed by atoms with E-state index < -0.39 is 0 Å².